The number of aromatic hydroxyl groups is 1. The second-order valence-electron chi connectivity index (χ2n) is 4.86. The van der Waals surface area contributed by atoms with Crippen molar-refractivity contribution in [2.75, 3.05) is 14.2 Å². The third-order valence-electron chi connectivity index (χ3n) is 3.45. The molecule has 2 aromatic rings. The highest BCUT2D eigenvalue weighted by atomic mass is 16.5. The van der Waals surface area contributed by atoms with Crippen LogP contribution < -0.4 is 14.8 Å². The molecule has 0 unspecified atom stereocenters. The summed E-state index contributed by atoms with van der Waals surface area (Å²) in [5.41, 5.74) is 2.82. The van der Waals surface area contributed by atoms with Gasteiger partial charge in [0.2, 0.25) is 0 Å². The molecule has 0 heterocycles. The van der Waals surface area contributed by atoms with E-state index in [2.05, 4.69) is 5.32 Å². The summed E-state index contributed by atoms with van der Waals surface area (Å²) < 4.78 is 10.5. The van der Waals surface area contributed by atoms with Gasteiger partial charge < -0.3 is 19.9 Å². The lowest BCUT2D eigenvalue weighted by atomic mass is 10.1. The Labute approximate surface area is 125 Å². The van der Waals surface area contributed by atoms with Crippen LogP contribution in [0.2, 0.25) is 0 Å². The van der Waals surface area contributed by atoms with E-state index in [-0.39, 0.29) is 0 Å². The summed E-state index contributed by atoms with van der Waals surface area (Å²) in [7, 11) is 3.28. The molecule has 0 spiro atoms. The van der Waals surface area contributed by atoms with E-state index in [1.54, 1.807) is 14.2 Å². The molecule has 2 rings (SSSR count). The van der Waals surface area contributed by atoms with E-state index in [0.29, 0.717) is 18.8 Å². The van der Waals surface area contributed by atoms with Gasteiger partial charge in [0.1, 0.15) is 17.2 Å². The summed E-state index contributed by atoms with van der Waals surface area (Å²) >= 11 is 0. The lowest BCUT2D eigenvalue weighted by molar-refractivity contribution is 0.389. The average molecular weight is 287 g/mol. The van der Waals surface area contributed by atoms with E-state index in [1.807, 2.05) is 43.3 Å². The van der Waals surface area contributed by atoms with E-state index in [9.17, 15) is 5.11 Å². The van der Waals surface area contributed by atoms with Crippen LogP contribution in [0.25, 0.3) is 0 Å². The second-order valence-corrected chi connectivity index (χ2v) is 4.86. The zero-order valence-corrected chi connectivity index (χ0v) is 12.6. The quantitative estimate of drug-likeness (QED) is 0.857. The van der Waals surface area contributed by atoms with Crippen LogP contribution in [0.3, 0.4) is 0 Å². The minimum Gasteiger partial charge on any atom is -0.507 e. The molecule has 0 fully saturated rings. The zero-order chi connectivity index (χ0) is 15.2. The summed E-state index contributed by atoms with van der Waals surface area (Å²) in [6.07, 6.45) is 0. The maximum Gasteiger partial charge on any atom is 0.127 e. The Morgan fingerprint density at radius 2 is 1.76 bits per heavy atom. The SMILES string of the molecule is COc1ccc(CNCc2cccc(C)c2O)c(OC)c1. The molecule has 0 bridgehead atoms. The van der Waals surface area contributed by atoms with Gasteiger partial charge in [0.15, 0.2) is 0 Å². The van der Waals surface area contributed by atoms with Crippen molar-refractivity contribution in [3.05, 3.63) is 53.1 Å². The van der Waals surface area contributed by atoms with Crippen molar-refractivity contribution in [1.29, 1.82) is 0 Å². The van der Waals surface area contributed by atoms with Gasteiger partial charge >= 0.3 is 0 Å². The van der Waals surface area contributed by atoms with Crippen molar-refractivity contribution in [3.63, 3.8) is 0 Å². The Morgan fingerprint density at radius 1 is 1.00 bits per heavy atom. The number of phenols is 1. The summed E-state index contributed by atoms with van der Waals surface area (Å²) in [5, 5.41) is 13.3. The zero-order valence-electron chi connectivity index (χ0n) is 12.6. The summed E-state index contributed by atoms with van der Waals surface area (Å²) in [5.74, 6) is 1.91. The first kappa shape index (κ1) is 15.2. The number of methoxy groups -OCH3 is 2. The third kappa shape index (κ3) is 3.67. The minimum atomic E-state index is 0.353. The fourth-order valence-corrected chi connectivity index (χ4v) is 2.19. The maximum absolute atomic E-state index is 9.98. The molecule has 2 N–H and O–H groups in total. The number of para-hydroxylation sites is 1. The highest BCUT2D eigenvalue weighted by Crippen LogP contribution is 2.25. The molecule has 0 radical (unpaired) electrons. The van der Waals surface area contributed by atoms with Crippen molar-refractivity contribution >= 4 is 0 Å². The Kier molecular flexibility index (Phi) is 5.06. The predicted molar refractivity (Wildman–Crippen MR) is 82.9 cm³/mol. The Morgan fingerprint density at radius 3 is 2.48 bits per heavy atom. The van der Waals surface area contributed by atoms with E-state index < -0.39 is 0 Å². The van der Waals surface area contributed by atoms with Gasteiger partial charge in [-0.05, 0) is 18.6 Å². The minimum absolute atomic E-state index is 0.353. The van der Waals surface area contributed by atoms with E-state index in [4.69, 9.17) is 9.47 Å². The van der Waals surface area contributed by atoms with Crippen molar-refractivity contribution in [1.82, 2.24) is 5.32 Å². The fraction of sp³-hybridized carbons (Fsp3) is 0.294. The van der Waals surface area contributed by atoms with Gasteiger partial charge in [-0.15, -0.1) is 0 Å². The van der Waals surface area contributed by atoms with Crippen LogP contribution in [-0.4, -0.2) is 19.3 Å². The van der Waals surface area contributed by atoms with Gasteiger partial charge in [-0.1, -0.05) is 24.3 Å². The third-order valence-corrected chi connectivity index (χ3v) is 3.45. The molecule has 0 aromatic heterocycles. The topological polar surface area (TPSA) is 50.7 Å². The van der Waals surface area contributed by atoms with Crippen molar-refractivity contribution < 1.29 is 14.6 Å². The van der Waals surface area contributed by atoms with E-state index in [1.165, 1.54) is 0 Å². The normalized spacial score (nSPS) is 10.4. The van der Waals surface area contributed by atoms with Crippen LogP contribution in [0.15, 0.2) is 36.4 Å². The largest absolute Gasteiger partial charge is 0.507 e. The average Bonchev–Trinajstić information content (AvgIpc) is 2.51. The van der Waals surface area contributed by atoms with Gasteiger partial charge in [-0.2, -0.15) is 0 Å². The van der Waals surface area contributed by atoms with Crippen LogP contribution in [0.5, 0.6) is 17.2 Å². The molecular formula is C17H21NO3. The molecule has 0 atom stereocenters. The van der Waals surface area contributed by atoms with Gasteiger partial charge in [0.25, 0.3) is 0 Å². The fourth-order valence-electron chi connectivity index (χ4n) is 2.19. The molecule has 0 saturated heterocycles. The molecule has 0 aliphatic carbocycles. The van der Waals surface area contributed by atoms with Crippen LogP contribution in [0.1, 0.15) is 16.7 Å². The van der Waals surface area contributed by atoms with E-state index >= 15 is 0 Å². The lowest BCUT2D eigenvalue weighted by Crippen LogP contribution is -2.13. The van der Waals surface area contributed by atoms with Crippen molar-refractivity contribution in [2.24, 2.45) is 0 Å². The first-order valence-electron chi connectivity index (χ1n) is 6.84. The molecular weight excluding hydrogens is 266 g/mol. The smallest absolute Gasteiger partial charge is 0.127 e. The molecule has 112 valence electrons. The van der Waals surface area contributed by atoms with E-state index in [0.717, 1.165) is 28.2 Å². The summed E-state index contributed by atoms with van der Waals surface area (Å²) in [6, 6.07) is 11.5. The molecule has 0 amide bonds. The molecule has 2 aromatic carbocycles. The number of nitrogens with one attached hydrogen (secondary N) is 1. The molecule has 21 heavy (non-hydrogen) atoms. The Balaban J connectivity index is 2.02. The summed E-state index contributed by atoms with van der Waals surface area (Å²) in [6.45, 7) is 3.15. The number of phenolic OH excluding ortho intramolecular Hbond substituents is 1. The number of hydrogen-bond acceptors (Lipinski definition) is 4. The lowest BCUT2D eigenvalue weighted by Gasteiger charge is -2.12. The first-order chi connectivity index (χ1) is 10.2. The first-order valence-corrected chi connectivity index (χ1v) is 6.84. The Bertz CT molecular complexity index is 611. The van der Waals surface area contributed by atoms with Gasteiger partial charge in [0.05, 0.1) is 14.2 Å². The Hall–Kier alpha value is -2.20. The van der Waals surface area contributed by atoms with Crippen LogP contribution in [0.4, 0.5) is 0 Å². The molecule has 0 aliphatic rings. The van der Waals surface area contributed by atoms with Gasteiger partial charge in [0, 0.05) is 30.3 Å². The van der Waals surface area contributed by atoms with Gasteiger partial charge in [-0.25, -0.2) is 0 Å². The second kappa shape index (κ2) is 6.99. The number of hydrogen-bond donors (Lipinski definition) is 2. The molecule has 0 aliphatic heterocycles. The van der Waals surface area contributed by atoms with Gasteiger partial charge in [-0.3, -0.25) is 0 Å². The number of aryl methyl sites for hydroxylation is 1. The van der Waals surface area contributed by atoms with Crippen LogP contribution >= 0.6 is 0 Å². The number of benzene rings is 2. The van der Waals surface area contributed by atoms with Crippen LogP contribution in [-0.2, 0) is 13.1 Å². The molecule has 0 saturated carbocycles. The number of ether oxygens (including phenoxy) is 2. The predicted octanol–water partition coefficient (Wildman–Crippen LogP) is 3.01. The number of rotatable bonds is 6. The molecule has 4 heteroatoms. The molecule has 4 nitrogen and oxygen atoms in total. The highest BCUT2D eigenvalue weighted by Gasteiger charge is 2.06. The maximum atomic E-state index is 9.98. The van der Waals surface area contributed by atoms with Crippen molar-refractivity contribution in [2.45, 2.75) is 20.0 Å². The highest BCUT2D eigenvalue weighted by molar-refractivity contribution is 5.41. The van der Waals surface area contributed by atoms with Crippen LogP contribution in [0, 0.1) is 6.92 Å². The monoisotopic (exact) mass is 287 g/mol. The standard InChI is InChI=1S/C17H21NO3/c1-12-5-4-6-14(17(12)19)11-18-10-13-7-8-15(20-2)9-16(13)21-3/h4-9,18-19H,10-11H2,1-3H3. The van der Waals surface area contributed by atoms with Crippen molar-refractivity contribution in [3.8, 4) is 17.2 Å². The summed E-state index contributed by atoms with van der Waals surface area (Å²) in [4.78, 5) is 0.